The van der Waals surface area contributed by atoms with Crippen molar-refractivity contribution in [3.05, 3.63) is 103 Å². The van der Waals surface area contributed by atoms with Gasteiger partial charge in [-0.05, 0) is 71.6 Å². The number of thiophene rings is 2. The largest absolute Gasteiger partial charge is 0.459 e. The summed E-state index contributed by atoms with van der Waals surface area (Å²) in [5.74, 6) is -3.84. The molecule has 0 bridgehead atoms. The Bertz CT molecular complexity index is 1460. The van der Waals surface area contributed by atoms with E-state index in [1.54, 1.807) is 53.0 Å². The summed E-state index contributed by atoms with van der Waals surface area (Å²) >= 11 is 9.15. The molecule has 0 saturated heterocycles. The van der Waals surface area contributed by atoms with Gasteiger partial charge in [0.15, 0.2) is 11.5 Å². The third kappa shape index (κ3) is 7.95. The molecule has 43 heavy (non-hydrogen) atoms. The quantitative estimate of drug-likeness (QED) is 0.132. The van der Waals surface area contributed by atoms with Gasteiger partial charge in [0.1, 0.15) is 0 Å². The first-order valence-corrected chi connectivity index (χ1v) is 16.0. The average molecular weight is 642 g/mol. The molecule has 11 heteroatoms. The Labute approximate surface area is 263 Å². The molecular formula is C32H32ClNO7S2. The predicted octanol–water partition coefficient (Wildman–Crippen LogP) is 5.76. The summed E-state index contributed by atoms with van der Waals surface area (Å²) < 4.78 is 22.8. The van der Waals surface area contributed by atoms with Crippen LogP contribution in [0.2, 0.25) is 5.02 Å². The zero-order chi connectivity index (χ0) is 30.2. The SMILES string of the molecule is C[C@H](Cc1ccc2c(c1)OC(C(=O)OCCc1cccs1)(C(=O)OCCc1cccs1)O2)NC[C@H](O)c1cccc(Cl)c1. The lowest BCUT2D eigenvalue weighted by Gasteiger charge is -2.23. The molecule has 3 heterocycles. The van der Waals surface area contributed by atoms with Crippen molar-refractivity contribution in [2.75, 3.05) is 19.8 Å². The Hall–Kier alpha value is -3.41. The molecule has 1 aliphatic heterocycles. The molecule has 4 aromatic rings. The van der Waals surface area contributed by atoms with Crippen molar-refractivity contribution >= 4 is 46.2 Å². The van der Waals surface area contributed by atoms with Crippen LogP contribution >= 0.6 is 34.3 Å². The number of nitrogens with one attached hydrogen (secondary N) is 1. The zero-order valence-electron chi connectivity index (χ0n) is 23.5. The second-order valence-corrected chi connectivity index (χ2v) is 12.6. The monoisotopic (exact) mass is 641 g/mol. The molecule has 0 aliphatic carbocycles. The molecule has 0 fully saturated rings. The fourth-order valence-electron chi connectivity index (χ4n) is 4.58. The first-order chi connectivity index (χ1) is 20.8. The number of halogens is 1. The summed E-state index contributed by atoms with van der Waals surface area (Å²) in [7, 11) is 0. The van der Waals surface area contributed by atoms with Crippen LogP contribution in [0, 0.1) is 0 Å². The van der Waals surface area contributed by atoms with Crippen molar-refractivity contribution in [2.24, 2.45) is 0 Å². The summed E-state index contributed by atoms with van der Waals surface area (Å²) in [6.07, 6.45) is 0.875. The molecular weight excluding hydrogens is 610 g/mol. The Morgan fingerprint density at radius 2 is 1.56 bits per heavy atom. The number of carbonyl (C=O) groups excluding carboxylic acids is 2. The number of hydrogen-bond acceptors (Lipinski definition) is 10. The summed E-state index contributed by atoms with van der Waals surface area (Å²) in [5.41, 5.74) is 1.61. The van der Waals surface area contributed by atoms with E-state index < -0.39 is 23.8 Å². The second-order valence-electron chi connectivity index (χ2n) is 10.1. The first kappa shape index (κ1) is 31.0. The first-order valence-electron chi connectivity index (χ1n) is 13.9. The highest BCUT2D eigenvalue weighted by atomic mass is 35.5. The lowest BCUT2D eigenvalue weighted by atomic mass is 10.1. The van der Waals surface area contributed by atoms with Crippen LogP contribution in [0.4, 0.5) is 0 Å². The highest BCUT2D eigenvalue weighted by molar-refractivity contribution is 7.10. The van der Waals surface area contributed by atoms with Crippen LogP contribution in [0.25, 0.3) is 0 Å². The molecule has 5 rings (SSSR count). The minimum atomic E-state index is -2.39. The Kier molecular flexibility index (Phi) is 10.4. The van der Waals surface area contributed by atoms with E-state index in [-0.39, 0.29) is 30.8 Å². The van der Waals surface area contributed by atoms with Crippen molar-refractivity contribution in [1.29, 1.82) is 0 Å². The Balaban J connectivity index is 1.23. The third-order valence-corrected chi connectivity index (χ3v) is 8.92. The number of benzene rings is 2. The Morgan fingerprint density at radius 1 is 0.907 bits per heavy atom. The van der Waals surface area contributed by atoms with Crippen molar-refractivity contribution in [3.8, 4) is 11.5 Å². The van der Waals surface area contributed by atoms with Crippen LogP contribution in [0.3, 0.4) is 0 Å². The molecule has 0 spiro atoms. The van der Waals surface area contributed by atoms with E-state index in [1.807, 2.05) is 54.1 Å². The zero-order valence-corrected chi connectivity index (χ0v) is 25.9. The van der Waals surface area contributed by atoms with E-state index in [0.29, 0.717) is 30.8 Å². The molecule has 2 aromatic carbocycles. The van der Waals surface area contributed by atoms with E-state index in [2.05, 4.69) is 5.32 Å². The molecule has 1 aliphatic rings. The number of fused-ring (bicyclic) bond motifs is 1. The van der Waals surface area contributed by atoms with Gasteiger partial charge in [-0.3, -0.25) is 0 Å². The number of carbonyl (C=O) groups is 2. The van der Waals surface area contributed by atoms with Gasteiger partial charge in [-0.2, -0.15) is 0 Å². The molecule has 0 unspecified atom stereocenters. The maximum absolute atomic E-state index is 13.3. The fourth-order valence-corrected chi connectivity index (χ4v) is 6.16. The van der Waals surface area contributed by atoms with Gasteiger partial charge in [0.2, 0.25) is 0 Å². The van der Waals surface area contributed by atoms with Crippen LogP contribution in [0.1, 0.15) is 33.9 Å². The van der Waals surface area contributed by atoms with Gasteiger partial charge in [-0.25, -0.2) is 9.59 Å². The normalized spacial score (nSPS) is 14.7. The Morgan fingerprint density at radius 3 is 2.16 bits per heavy atom. The number of ether oxygens (including phenoxy) is 4. The summed E-state index contributed by atoms with van der Waals surface area (Å²) in [6.45, 7) is 2.45. The van der Waals surface area contributed by atoms with Gasteiger partial charge in [-0.1, -0.05) is 41.9 Å². The van der Waals surface area contributed by atoms with Crippen molar-refractivity contribution in [3.63, 3.8) is 0 Å². The minimum absolute atomic E-state index is 0.0107. The molecule has 0 saturated carbocycles. The van der Waals surface area contributed by atoms with Crippen LogP contribution in [-0.2, 0) is 38.3 Å². The molecule has 226 valence electrons. The number of aliphatic hydroxyl groups is 1. The topological polar surface area (TPSA) is 103 Å². The highest BCUT2D eigenvalue weighted by Gasteiger charge is 2.59. The predicted molar refractivity (Wildman–Crippen MR) is 166 cm³/mol. The number of aliphatic hydroxyl groups excluding tert-OH is 1. The average Bonchev–Trinajstić information content (AvgIpc) is 3.78. The highest BCUT2D eigenvalue weighted by Crippen LogP contribution is 2.41. The van der Waals surface area contributed by atoms with Gasteiger partial charge in [-0.15, -0.1) is 22.7 Å². The lowest BCUT2D eigenvalue weighted by Crippen LogP contribution is -2.56. The minimum Gasteiger partial charge on any atom is -0.459 e. The van der Waals surface area contributed by atoms with Crippen LogP contribution in [0.15, 0.2) is 77.5 Å². The maximum Gasteiger partial charge on any atom is 0.453 e. The maximum atomic E-state index is 13.3. The molecule has 8 nitrogen and oxygen atoms in total. The van der Waals surface area contributed by atoms with Crippen LogP contribution in [0.5, 0.6) is 11.5 Å². The van der Waals surface area contributed by atoms with Crippen molar-refractivity contribution in [1.82, 2.24) is 5.32 Å². The molecule has 2 aromatic heterocycles. The molecule has 2 atom stereocenters. The van der Waals surface area contributed by atoms with Gasteiger partial charge >= 0.3 is 17.7 Å². The van der Waals surface area contributed by atoms with Crippen LogP contribution in [-0.4, -0.2) is 48.6 Å². The number of hydrogen-bond donors (Lipinski definition) is 2. The van der Waals surface area contributed by atoms with E-state index in [1.165, 1.54) is 0 Å². The standard InChI is InChI=1S/C32H32ClNO7S2/c1-21(34-20-27(35)23-5-2-6-24(33)19-23)17-22-9-10-28-29(18-22)41-32(40-28,30(36)38-13-11-25-7-3-15-42-25)31(37)39-14-12-26-8-4-16-43-26/h2-10,15-16,18-19,21,27,34-35H,11-14,17,20H2,1H3/t21-,27+/m1/s1. The van der Waals surface area contributed by atoms with Crippen molar-refractivity contribution < 1.29 is 33.6 Å². The molecule has 0 amide bonds. The van der Waals surface area contributed by atoms with Gasteiger partial charge < -0.3 is 29.4 Å². The molecule has 0 radical (unpaired) electrons. The third-order valence-electron chi connectivity index (χ3n) is 6.81. The summed E-state index contributed by atoms with van der Waals surface area (Å²) in [4.78, 5) is 28.8. The van der Waals surface area contributed by atoms with Crippen molar-refractivity contribution in [2.45, 2.75) is 44.1 Å². The van der Waals surface area contributed by atoms with E-state index in [9.17, 15) is 14.7 Å². The van der Waals surface area contributed by atoms with Gasteiger partial charge in [0.05, 0.1) is 19.3 Å². The number of esters is 2. The van der Waals surface area contributed by atoms with Gasteiger partial charge in [0, 0.05) is 40.2 Å². The number of rotatable bonds is 14. The van der Waals surface area contributed by atoms with E-state index >= 15 is 0 Å². The summed E-state index contributed by atoms with van der Waals surface area (Å²) in [6, 6.07) is 20.1. The smallest absolute Gasteiger partial charge is 0.453 e. The van der Waals surface area contributed by atoms with Crippen LogP contribution < -0.4 is 14.8 Å². The second kappa shape index (κ2) is 14.4. The van der Waals surface area contributed by atoms with E-state index in [4.69, 9.17) is 30.5 Å². The fraction of sp³-hybridized carbons (Fsp3) is 0.312. The van der Waals surface area contributed by atoms with Gasteiger partial charge in [0.25, 0.3) is 0 Å². The summed E-state index contributed by atoms with van der Waals surface area (Å²) in [5, 5.41) is 18.3. The molecule has 2 N–H and O–H groups in total. The van der Waals surface area contributed by atoms with E-state index in [0.717, 1.165) is 20.9 Å². The lowest BCUT2D eigenvalue weighted by molar-refractivity contribution is -0.202.